The zero-order chi connectivity index (χ0) is 15.6. The van der Waals surface area contributed by atoms with Crippen LogP contribution in [0.15, 0.2) is 18.2 Å². The number of methoxy groups -OCH3 is 2. The van der Waals surface area contributed by atoms with E-state index in [1.165, 1.54) is 20.3 Å². The minimum atomic E-state index is -0.725. The van der Waals surface area contributed by atoms with E-state index < -0.39 is 23.8 Å². The summed E-state index contributed by atoms with van der Waals surface area (Å²) in [6.45, 7) is 1.55. The van der Waals surface area contributed by atoms with Gasteiger partial charge in [0, 0.05) is 11.8 Å². The van der Waals surface area contributed by atoms with Crippen molar-refractivity contribution in [1.29, 1.82) is 0 Å². The third kappa shape index (κ3) is 2.88. The Morgan fingerprint density at radius 3 is 2.67 bits per heavy atom. The van der Waals surface area contributed by atoms with Crippen molar-refractivity contribution in [1.82, 2.24) is 0 Å². The number of thiophene rings is 1. The standard InChI is InChI=1S/C14H14FNO4S/c1-7(19-2)13(17)16-11-10-8(15)5-4-6-9(10)21-12(11)14(18)20-3/h4-7H,1-3H3,(H,16,17). The molecule has 0 spiro atoms. The molecule has 0 radical (unpaired) electrons. The number of esters is 1. The maximum Gasteiger partial charge on any atom is 0.350 e. The van der Waals surface area contributed by atoms with Gasteiger partial charge in [-0.15, -0.1) is 11.3 Å². The zero-order valence-electron chi connectivity index (χ0n) is 11.7. The molecule has 1 aromatic heterocycles. The molecular formula is C14H14FNO4S. The van der Waals surface area contributed by atoms with Crippen LogP contribution in [0, 0.1) is 5.82 Å². The largest absolute Gasteiger partial charge is 0.465 e. The van der Waals surface area contributed by atoms with E-state index in [2.05, 4.69) is 10.1 Å². The van der Waals surface area contributed by atoms with Gasteiger partial charge in [-0.05, 0) is 19.1 Å². The molecule has 21 heavy (non-hydrogen) atoms. The SMILES string of the molecule is COC(=O)c1sc2cccc(F)c2c1NC(=O)C(C)OC. The van der Waals surface area contributed by atoms with Crippen molar-refractivity contribution in [2.75, 3.05) is 19.5 Å². The topological polar surface area (TPSA) is 64.6 Å². The first-order valence-corrected chi connectivity index (χ1v) is 6.94. The smallest absolute Gasteiger partial charge is 0.350 e. The lowest BCUT2D eigenvalue weighted by Crippen LogP contribution is -2.27. The first kappa shape index (κ1) is 15.4. The monoisotopic (exact) mass is 311 g/mol. The third-order valence-corrected chi connectivity index (χ3v) is 4.14. The van der Waals surface area contributed by atoms with Crippen molar-refractivity contribution in [3.8, 4) is 0 Å². The van der Waals surface area contributed by atoms with Crippen LogP contribution in [-0.2, 0) is 14.3 Å². The van der Waals surface area contributed by atoms with E-state index in [0.717, 1.165) is 11.3 Å². The number of nitrogens with one attached hydrogen (secondary N) is 1. The summed E-state index contributed by atoms with van der Waals surface area (Å²) in [6, 6.07) is 4.48. The maximum absolute atomic E-state index is 14.0. The minimum Gasteiger partial charge on any atom is -0.465 e. The van der Waals surface area contributed by atoms with Gasteiger partial charge in [-0.1, -0.05) is 6.07 Å². The number of ether oxygens (including phenoxy) is 2. The molecule has 0 aliphatic rings. The van der Waals surface area contributed by atoms with Crippen LogP contribution >= 0.6 is 11.3 Å². The van der Waals surface area contributed by atoms with E-state index in [4.69, 9.17) is 4.74 Å². The van der Waals surface area contributed by atoms with Gasteiger partial charge in [0.15, 0.2) is 0 Å². The molecule has 1 atom stereocenters. The van der Waals surface area contributed by atoms with Crippen molar-refractivity contribution in [3.05, 3.63) is 28.9 Å². The van der Waals surface area contributed by atoms with Crippen molar-refractivity contribution >= 4 is 39.0 Å². The number of rotatable bonds is 4. The fourth-order valence-electron chi connectivity index (χ4n) is 1.79. The molecular weight excluding hydrogens is 297 g/mol. The number of amides is 1. The highest BCUT2D eigenvalue weighted by Crippen LogP contribution is 2.38. The van der Waals surface area contributed by atoms with E-state index in [-0.39, 0.29) is 16.0 Å². The summed E-state index contributed by atoms with van der Waals surface area (Å²) in [4.78, 5) is 23.9. The normalized spacial score (nSPS) is 12.2. The Morgan fingerprint density at radius 1 is 1.33 bits per heavy atom. The molecule has 1 heterocycles. The summed E-state index contributed by atoms with van der Waals surface area (Å²) in [6.07, 6.45) is -0.725. The predicted molar refractivity (Wildman–Crippen MR) is 78.2 cm³/mol. The number of benzene rings is 1. The highest BCUT2D eigenvalue weighted by atomic mass is 32.1. The quantitative estimate of drug-likeness (QED) is 0.882. The van der Waals surface area contributed by atoms with Crippen LogP contribution in [0.25, 0.3) is 10.1 Å². The molecule has 0 saturated heterocycles. The number of halogens is 1. The van der Waals surface area contributed by atoms with Crippen molar-refractivity contribution < 1.29 is 23.5 Å². The molecule has 0 saturated carbocycles. The molecule has 1 aromatic carbocycles. The minimum absolute atomic E-state index is 0.119. The molecule has 0 aliphatic heterocycles. The van der Waals surface area contributed by atoms with E-state index in [0.29, 0.717) is 4.70 Å². The van der Waals surface area contributed by atoms with Crippen LogP contribution in [0.5, 0.6) is 0 Å². The first-order chi connectivity index (χ1) is 9.99. The average molecular weight is 311 g/mol. The highest BCUT2D eigenvalue weighted by molar-refractivity contribution is 7.21. The fourth-order valence-corrected chi connectivity index (χ4v) is 2.88. The summed E-state index contributed by atoms with van der Waals surface area (Å²) in [7, 11) is 2.62. The molecule has 112 valence electrons. The molecule has 2 rings (SSSR count). The molecule has 1 unspecified atom stereocenters. The Labute approximate surface area is 124 Å². The lowest BCUT2D eigenvalue weighted by Gasteiger charge is -2.11. The molecule has 7 heteroatoms. The number of carbonyl (C=O) groups is 2. The molecule has 0 bridgehead atoms. The predicted octanol–water partition coefficient (Wildman–Crippen LogP) is 2.80. The van der Waals surface area contributed by atoms with Crippen molar-refractivity contribution in [3.63, 3.8) is 0 Å². The van der Waals surface area contributed by atoms with E-state index >= 15 is 0 Å². The summed E-state index contributed by atoms with van der Waals surface area (Å²) in [5.74, 6) is -1.61. The number of anilines is 1. The lowest BCUT2D eigenvalue weighted by molar-refractivity contribution is -0.124. The average Bonchev–Trinajstić information content (AvgIpc) is 2.85. The highest BCUT2D eigenvalue weighted by Gasteiger charge is 2.24. The van der Waals surface area contributed by atoms with Crippen LogP contribution in [0.2, 0.25) is 0 Å². The number of hydrogen-bond acceptors (Lipinski definition) is 5. The number of carbonyl (C=O) groups excluding carboxylic acids is 2. The van der Waals surface area contributed by atoms with Gasteiger partial charge in [0.2, 0.25) is 0 Å². The summed E-state index contributed by atoms with van der Waals surface area (Å²) >= 11 is 1.06. The van der Waals surface area contributed by atoms with Gasteiger partial charge in [0.05, 0.1) is 18.2 Å². The van der Waals surface area contributed by atoms with Gasteiger partial charge in [0.1, 0.15) is 16.8 Å². The maximum atomic E-state index is 14.0. The Balaban J connectivity index is 2.57. The molecule has 5 nitrogen and oxygen atoms in total. The fraction of sp³-hybridized carbons (Fsp3) is 0.286. The second-order valence-electron chi connectivity index (χ2n) is 4.28. The van der Waals surface area contributed by atoms with Gasteiger partial charge < -0.3 is 14.8 Å². The second kappa shape index (κ2) is 6.19. The van der Waals surface area contributed by atoms with Gasteiger partial charge in [0.25, 0.3) is 5.91 Å². The van der Waals surface area contributed by atoms with Crippen LogP contribution in [0.3, 0.4) is 0 Å². The third-order valence-electron chi connectivity index (χ3n) is 3.01. The number of hydrogen-bond donors (Lipinski definition) is 1. The second-order valence-corrected chi connectivity index (χ2v) is 5.33. The van der Waals surface area contributed by atoms with Gasteiger partial charge in [-0.25, -0.2) is 9.18 Å². The molecule has 1 amide bonds. The van der Waals surface area contributed by atoms with Crippen LogP contribution in [0.1, 0.15) is 16.6 Å². The van der Waals surface area contributed by atoms with Gasteiger partial charge >= 0.3 is 5.97 Å². The lowest BCUT2D eigenvalue weighted by atomic mass is 10.2. The van der Waals surface area contributed by atoms with Crippen molar-refractivity contribution in [2.45, 2.75) is 13.0 Å². The van der Waals surface area contributed by atoms with E-state index in [1.807, 2.05) is 0 Å². The Kier molecular flexibility index (Phi) is 4.54. The van der Waals surface area contributed by atoms with Crippen LogP contribution in [-0.4, -0.2) is 32.2 Å². The number of fused-ring (bicyclic) bond motifs is 1. The van der Waals surface area contributed by atoms with Gasteiger partial charge in [-0.3, -0.25) is 4.79 Å². The Morgan fingerprint density at radius 2 is 2.05 bits per heavy atom. The zero-order valence-corrected chi connectivity index (χ0v) is 12.5. The van der Waals surface area contributed by atoms with Crippen LogP contribution < -0.4 is 5.32 Å². The van der Waals surface area contributed by atoms with E-state index in [1.54, 1.807) is 19.1 Å². The van der Waals surface area contributed by atoms with Gasteiger partial charge in [-0.2, -0.15) is 0 Å². The summed E-state index contributed by atoms with van der Waals surface area (Å²) in [5, 5.41) is 2.74. The molecule has 0 fully saturated rings. The Bertz CT molecular complexity index is 698. The molecule has 0 aliphatic carbocycles. The molecule has 2 aromatic rings. The summed E-state index contributed by atoms with van der Waals surface area (Å²) in [5.41, 5.74) is 0.119. The van der Waals surface area contributed by atoms with Crippen LogP contribution in [0.4, 0.5) is 10.1 Å². The Hall–Kier alpha value is -1.99. The first-order valence-electron chi connectivity index (χ1n) is 6.12. The summed E-state index contributed by atoms with van der Waals surface area (Å²) < 4.78 is 24.2. The molecule has 1 N–H and O–H groups in total. The van der Waals surface area contributed by atoms with Crippen molar-refractivity contribution in [2.24, 2.45) is 0 Å². The van der Waals surface area contributed by atoms with E-state index in [9.17, 15) is 14.0 Å².